The van der Waals surface area contributed by atoms with Gasteiger partial charge in [-0.2, -0.15) is 4.31 Å². The average Bonchev–Trinajstić information content (AvgIpc) is 2.75. The van der Waals surface area contributed by atoms with Crippen molar-refractivity contribution in [3.05, 3.63) is 65.7 Å². The number of hydrogen-bond acceptors (Lipinski definition) is 4. The summed E-state index contributed by atoms with van der Waals surface area (Å²) in [6.45, 7) is 6.23. The molecule has 0 aliphatic carbocycles. The minimum atomic E-state index is -3.70. The second-order valence-electron chi connectivity index (χ2n) is 7.22. The number of carbonyl (C=O) groups is 2. The molecule has 2 aromatic carbocycles. The third-order valence-electron chi connectivity index (χ3n) is 4.85. The maximum Gasteiger partial charge on any atom is 0.251 e. The monoisotopic (exact) mass is 431 g/mol. The molecular weight excluding hydrogens is 402 g/mol. The number of likely N-dealkylation sites (N-methyl/N-ethyl adjacent to an activating group) is 1. The topological polar surface area (TPSA) is 86.8 Å². The Balaban J connectivity index is 2.05. The Hall–Kier alpha value is -2.71. The van der Waals surface area contributed by atoms with Crippen LogP contribution in [-0.2, 0) is 21.4 Å². The predicted octanol–water partition coefficient (Wildman–Crippen LogP) is 2.49. The van der Waals surface area contributed by atoms with Crippen molar-refractivity contribution in [2.24, 2.45) is 0 Å². The molecule has 7 nitrogen and oxygen atoms in total. The highest BCUT2D eigenvalue weighted by Gasteiger charge is 2.24. The van der Waals surface area contributed by atoms with Gasteiger partial charge >= 0.3 is 0 Å². The summed E-state index contributed by atoms with van der Waals surface area (Å²) >= 11 is 0. The zero-order chi connectivity index (χ0) is 22.3. The van der Waals surface area contributed by atoms with E-state index in [1.807, 2.05) is 37.3 Å². The first-order valence-electron chi connectivity index (χ1n) is 9.84. The van der Waals surface area contributed by atoms with Gasteiger partial charge in [0.05, 0.1) is 11.4 Å². The van der Waals surface area contributed by atoms with E-state index in [0.717, 1.165) is 5.56 Å². The van der Waals surface area contributed by atoms with Crippen molar-refractivity contribution in [1.82, 2.24) is 14.5 Å². The van der Waals surface area contributed by atoms with Crippen LogP contribution in [0.4, 0.5) is 0 Å². The summed E-state index contributed by atoms with van der Waals surface area (Å²) in [6, 6.07) is 15.2. The summed E-state index contributed by atoms with van der Waals surface area (Å²) in [5.74, 6) is -0.707. The fourth-order valence-corrected chi connectivity index (χ4v) is 4.21. The SMILES string of the molecule is CCN(Cc1ccccc1)C(=O)CNC(=O)c1cccc(S(=O)(=O)N(C)C(C)C)c1. The largest absolute Gasteiger partial charge is 0.343 e. The van der Waals surface area contributed by atoms with E-state index in [4.69, 9.17) is 0 Å². The molecule has 8 heteroatoms. The van der Waals surface area contributed by atoms with Gasteiger partial charge in [0.25, 0.3) is 5.91 Å². The van der Waals surface area contributed by atoms with Crippen LogP contribution < -0.4 is 5.32 Å². The molecule has 0 bridgehead atoms. The number of carbonyl (C=O) groups excluding carboxylic acids is 2. The van der Waals surface area contributed by atoms with Gasteiger partial charge in [-0.3, -0.25) is 9.59 Å². The molecule has 0 unspecified atom stereocenters. The Morgan fingerprint density at radius 1 is 1.03 bits per heavy atom. The number of hydrogen-bond donors (Lipinski definition) is 1. The van der Waals surface area contributed by atoms with Crippen molar-refractivity contribution in [2.75, 3.05) is 20.1 Å². The van der Waals surface area contributed by atoms with Crippen LogP contribution in [0.3, 0.4) is 0 Å². The van der Waals surface area contributed by atoms with Gasteiger partial charge in [0.2, 0.25) is 15.9 Å². The molecule has 0 aliphatic rings. The maximum absolute atomic E-state index is 12.6. The molecular formula is C22H29N3O4S. The quantitative estimate of drug-likeness (QED) is 0.661. The molecule has 2 amide bonds. The maximum atomic E-state index is 12.6. The molecule has 0 spiro atoms. The Labute approximate surface area is 178 Å². The first-order chi connectivity index (χ1) is 14.2. The molecule has 162 valence electrons. The van der Waals surface area contributed by atoms with E-state index < -0.39 is 15.9 Å². The van der Waals surface area contributed by atoms with Crippen LogP contribution in [-0.4, -0.2) is 55.6 Å². The van der Waals surface area contributed by atoms with Crippen molar-refractivity contribution < 1.29 is 18.0 Å². The molecule has 0 radical (unpaired) electrons. The molecule has 0 aliphatic heterocycles. The van der Waals surface area contributed by atoms with Gasteiger partial charge in [-0.15, -0.1) is 0 Å². The number of nitrogens with zero attached hydrogens (tertiary/aromatic N) is 2. The Morgan fingerprint density at radius 3 is 2.30 bits per heavy atom. The van der Waals surface area contributed by atoms with Crippen LogP contribution in [0.2, 0.25) is 0 Å². The first kappa shape index (κ1) is 23.6. The molecule has 0 aromatic heterocycles. The minimum Gasteiger partial charge on any atom is -0.343 e. The standard InChI is InChI=1S/C22H29N3O4S/c1-5-25(16-18-10-7-6-8-11-18)21(26)15-23-22(27)19-12-9-13-20(14-19)30(28,29)24(4)17(2)3/h6-14,17H,5,15-16H2,1-4H3,(H,23,27). The van der Waals surface area contributed by atoms with Crippen molar-refractivity contribution in [2.45, 2.75) is 38.3 Å². The number of rotatable bonds is 9. The summed E-state index contributed by atoms with van der Waals surface area (Å²) in [6.07, 6.45) is 0. The minimum absolute atomic E-state index is 0.0388. The number of nitrogens with one attached hydrogen (secondary N) is 1. The second kappa shape index (κ2) is 10.4. The zero-order valence-corrected chi connectivity index (χ0v) is 18.6. The highest BCUT2D eigenvalue weighted by atomic mass is 32.2. The lowest BCUT2D eigenvalue weighted by Gasteiger charge is -2.22. The summed E-state index contributed by atoms with van der Waals surface area (Å²) in [5, 5.41) is 2.59. The van der Waals surface area contributed by atoms with Gasteiger partial charge in [0.15, 0.2) is 0 Å². The van der Waals surface area contributed by atoms with Gasteiger partial charge < -0.3 is 10.2 Å². The first-order valence-corrected chi connectivity index (χ1v) is 11.3. The zero-order valence-electron chi connectivity index (χ0n) is 17.8. The molecule has 0 heterocycles. The molecule has 2 aromatic rings. The molecule has 1 N–H and O–H groups in total. The fraction of sp³-hybridized carbons (Fsp3) is 0.364. The Kier molecular flexibility index (Phi) is 8.14. The lowest BCUT2D eigenvalue weighted by Crippen LogP contribution is -2.39. The van der Waals surface area contributed by atoms with Crippen LogP contribution in [0, 0.1) is 0 Å². The van der Waals surface area contributed by atoms with Gasteiger partial charge in [0, 0.05) is 31.7 Å². The Morgan fingerprint density at radius 2 is 1.70 bits per heavy atom. The second-order valence-corrected chi connectivity index (χ2v) is 9.22. The predicted molar refractivity (Wildman–Crippen MR) is 116 cm³/mol. The summed E-state index contributed by atoms with van der Waals surface area (Å²) < 4.78 is 26.5. The average molecular weight is 432 g/mol. The highest BCUT2D eigenvalue weighted by Crippen LogP contribution is 2.18. The lowest BCUT2D eigenvalue weighted by atomic mass is 10.2. The molecule has 2 rings (SSSR count). The number of benzene rings is 2. The molecule has 0 atom stereocenters. The van der Waals surface area contributed by atoms with Crippen molar-refractivity contribution >= 4 is 21.8 Å². The lowest BCUT2D eigenvalue weighted by molar-refractivity contribution is -0.130. The van der Waals surface area contributed by atoms with Crippen LogP contribution >= 0.6 is 0 Å². The van der Waals surface area contributed by atoms with E-state index in [-0.39, 0.29) is 29.0 Å². The van der Waals surface area contributed by atoms with E-state index in [0.29, 0.717) is 13.1 Å². The van der Waals surface area contributed by atoms with Gasteiger partial charge in [0.1, 0.15) is 0 Å². The molecule has 0 saturated carbocycles. The van der Waals surface area contributed by atoms with Crippen LogP contribution in [0.1, 0.15) is 36.7 Å². The van der Waals surface area contributed by atoms with E-state index in [1.54, 1.807) is 18.7 Å². The third-order valence-corrected chi connectivity index (χ3v) is 6.88. The van der Waals surface area contributed by atoms with E-state index in [9.17, 15) is 18.0 Å². The van der Waals surface area contributed by atoms with Gasteiger partial charge in [-0.05, 0) is 44.5 Å². The van der Waals surface area contributed by atoms with E-state index in [2.05, 4.69) is 5.32 Å². The van der Waals surface area contributed by atoms with Gasteiger partial charge in [-0.25, -0.2) is 8.42 Å². The van der Waals surface area contributed by atoms with E-state index in [1.165, 1.54) is 35.6 Å². The van der Waals surface area contributed by atoms with Crippen LogP contribution in [0.15, 0.2) is 59.5 Å². The Bertz CT molecular complexity index is 975. The van der Waals surface area contributed by atoms with E-state index >= 15 is 0 Å². The summed E-state index contributed by atoms with van der Waals surface area (Å²) in [7, 11) is -2.20. The normalized spacial score (nSPS) is 11.5. The number of amides is 2. The molecule has 0 fully saturated rings. The molecule has 0 saturated heterocycles. The summed E-state index contributed by atoms with van der Waals surface area (Å²) in [4.78, 5) is 26.7. The van der Waals surface area contributed by atoms with Crippen LogP contribution in [0.5, 0.6) is 0 Å². The fourth-order valence-electron chi connectivity index (χ4n) is 2.79. The number of sulfonamides is 1. The van der Waals surface area contributed by atoms with Crippen molar-refractivity contribution in [3.63, 3.8) is 0 Å². The summed E-state index contributed by atoms with van der Waals surface area (Å²) in [5.41, 5.74) is 1.19. The smallest absolute Gasteiger partial charge is 0.251 e. The third kappa shape index (κ3) is 5.90. The van der Waals surface area contributed by atoms with Gasteiger partial charge in [-0.1, -0.05) is 36.4 Å². The highest BCUT2D eigenvalue weighted by molar-refractivity contribution is 7.89. The van der Waals surface area contributed by atoms with Crippen LogP contribution in [0.25, 0.3) is 0 Å². The molecule has 30 heavy (non-hydrogen) atoms. The van der Waals surface area contributed by atoms with Crippen molar-refractivity contribution in [3.8, 4) is 0 Å². The van der Waals surface area contributed by atoms with Crippen molar-refractivity contribution in [1.29, 1.82) is 0 Å².